The number of piperazine rings is 1. The van der Waals surface area contributed by atoms with Crippen molar-refractivity contribution in [2.75, 3.05) is 51.6 Å². The summed E-state index contributed by atoms with van der Waals surface area (Å²) in [7, 11) is -3.25. The lowest BCUT2D eigenvalue weighted by Crippen LogP contribution is -2.54. The van der Waals surface area contributed by atoms with Gasteiger partial charge in [-0.2, -0.15) is 4.31 Å². The molecule has 7 nitrogen and oxygen atoms in total. The Morgan fingerprint density at radius 1 is 1.10 bits per heavy atom. The highest BCUT2D eigenvalue weighted by atomic mass is 127. The van der Waals surface area contributed by atoms with Gasteiger partial charge in [-0.25, -0.2) is 8.42 Å². The van der Waals surface area contributed by atoms with E-state index in [9.17, 15) is 8.42 Å². The van der Waals surface area contributed by atoms with Crippen molar-refractivity contribution in [1.29, 1.82) is 0 Å². The molecule has 0 spiro atoms. The van der Waals surface area contributed by atoms with Crippen LogP contribution >= 0.6 is 24.0 Å². The van der Waals surface area contributed by atoms with Crippen LogP contribution < -0.4 is 5.32 Å². The number of guanidine groups is 1. The van der Waals surface area contributed by atoms with Crippen molar-refractivity contribution in [3.63, 3.8) is 0 Å². The zero-order valence-corrected chi connectivity index (χ0v) is 21.3. The third-order valence-corrected chi connectivity index (χ3v) is 7.80. The van der Waals surface area contributed by atoms with Crippen LogP contribution in [-0.2, 0) is 14.8 Å². The number of ether oxygens (including phenoxy) is 1. The second-order valence-corrected chi connectivity index (χ2v) is 10.7. The molecule has 2 aliphatic carbocycles. The first-order valence-corrected chi connectivity index (χ1v) is 12.6. The fourth-order valence-electron chi connectivity index (χ4n) is 4.05. The smallest absolute Gasteiger partial charge is 0.216 e. The summed E-state index contributed by atoms with van der Waals surface area (Å²) in [5.41, 5.74) is 0. The zero-order valence-electron chi connectivity index (χ0n) is 18.2. The Hall–Kier alpha value is -0.130. The van der Waals surface area contributed by atoms with Gasteiger partial charge in [0.25, 0.3) is 0 Å². The largest absolute Gasteiger partial charge is 0.378 e. The average Bonchev–Trinajstić information content (AvgIpc) is 3.54. The molecule has 0 amide bonds. The molecule has 0 bridgehead atoms. The normalized spacial score (nSPS) is 21.6. The molecule has 9 heteroatoms. The van der Waals surface area contributed by atoms with Crippen LogP contribution in [0.5, 0.6) is 0 Å². The first-order chi connectivity index (χ1) is 13.4. The summed E-state index contributed by atoms with van der Waals surface area (Å²) in [4.78, 5) is 7.18. The molecule has 3 rings (SSSR count). The predicted octanol–water partition coefficient (Wildman–Crippen LogP) is 2.38. The number of rotatable bonds is 10. The van der Waals surface area contributed by atoms with E-state index in [0.29, 0.717) is 26.2 Å². The summed E-state index contributed by atoms with van der Waals surface area (Å²) in [6.07, 6.45) is 5.57. The lowest BCUT2D eigenvalue weighted by Gasteiger charge is -2.36. The second kappa shape index (κ2) is 11.5. The lowest BCUT2D eigenvalue weighted by molar-refractivity contribution is 0.0904. The molecule has 0 atom stereocenters. The van der Waals surface area contributed by atoms with Gasteiger partial charge in [0.05, 0.1) is 18.5 Å². The van der Waals surface area contributed by atoms with Gasteiger partial charge in [-0.1, -0.05) is 0 Å². The standard InChI is InChI=1S/C20H38N4O3S.HI/c1-4-21-20(22-15-19(17-5-6-17)18-7-8-18)23-9-11-24(12-10-23)28(25,26)14-13-27-16(2)3;/h16-19H,4-15H2,1-3H3,(H,21,22);1H. The van der Waals surface area contributed by atoms with Crippen molar-refractivity contribution in [2.45, 2.75) is 52.6 Å². The topological polar surface area (TPSA) is 74.2 Å². The molecule has 3 fully saturated rings. The quantitative estimate of drug-likeness (QED) is 0.261. The van der Waals surface area contributed by atoms with Crippen molar-refractivity contribution in [2.24, 2.45) is 22.7 Å². The zero-order chi connectivity index (χ0) is 20.1. The van der Waals surface area contributed by atoms with Crippen LogP contribution in [0, 0.1) is 17.8 Å². The fourth-order valence-corrected chi connectivity index (χ4v) is 5.33. The maximum Gasteiger partial charge on any atom is 0.216 e. The highest BCUT2D eigenvalue weighted by Crippen LogP contribution is 2.49. The van der Waals surface area contributed by atoms with E-state index in [4.69, 9.17) is 9.73 Å². The predicted molar refractivity (Wildman–Crippen MR) is 128 cm³/mol. The molecule has 0 radical (unpaired) electrons. The van der Waals surface area contributed by atoms with Gasteiger partial charge in [0, 0.05) is 39.3 Å². The molecule has 29 heavy (non-hydrogen) atoms. The summed E-state index contributed by atoms with van der Waals surface area (Å²) in [5, 5.41) is 3.41. The Bertz CT molecular complexity index is 616. The van der Waals surface area contributed by atoms with Crippen molar-refractivity contribution in [3.05, 3.63) is 0 Å². The SMILES string of the molecule is CCNC(=NCC(C1CC1)C1CC1)N1CCN(S(=O)(=O)CCOC(C)C)CC1.I. The van der Waals surface area contributed by atoms with E-state index < -0.39 is 10.0 Å². The molecule has 1 N–H and O–H groups in total. The molecule has 0 aromatic heterocycles. The van der Waals surface area contributed by atoms with Crippen LogP contribution in [0.25, 0.3) is 0 Å². The van der Waals surface area contributed by atoms with E-state index in [2.05, 4.69) is 17.1 Å². The van der Waals surface area contributed by atoms with Gasteiger partial charge < -0.3 is 15.0 Å². The fraction of sp³-hybridized carbons (Fsp3) is 0.950. The third-order valence-electron chi connectivity index (χ3n) is 5.97. The van der Waals surface area contributed by atoms with Gasteiger partial charge in [0.1, 0.15) is 0 Å². The molecule has 0 aromatic rings. The monoisotopic (exact) mass is 542 g/mol. The molecule has 0 unspecified atom stereocenters. The van der Waals surface area contributed by atoms with E-state index >= 15 is 0 Å². The number of hydrogen-bond donors (Lipinski definition) is 1. The van der Waals surface area contributed by atoms with E-state index in [1.807, 2.05) is 13.8 Å². The van der Waals surface area contributed by atoms with Crippen molar-refractivity contribution >= 4 is 40.0 Å². The van der Waals surface area contributed by atoms with Gasteiger partial charge in [0.2, 0.25) is 10.0 Å². The van der Waals surface area contributed by atoms with Crippen LogP contribution in [0.1, 0.15) is 46.5 Å². The van der Waals surface area contributed by atoms with E-state index in [1.54, 1.807) is 4.31 Å². The van der Waals surface area contributed by atoms with E-state index in [0.717, 1.165) is 36.8 Å². The average molecular weight is 543 g/mol. The Morgan fingerprint density at radius 2 is 1.69 bits per heavy atom. The minimum atomic E-state index is -3.25. The molecule has 2 saturated carbocycles. The van der Waals surface area contributed by atoms with Crippen LogP contribution in [0.4, 0.5) is 0 Å². The molecule has 170 valence electrons. The number of nitrogens with one attached hydrogen (secondary N) is 1. The van der Waals surface area contributed by atoms with Crippen LogP contribution in [0.15, 0.2) is 4.99 Å². The summed E-state index contributed by atoms with van der Waals surface area (Å²) < 4.78 is 32.1. The van der Waals surface area contributed by atoms with Crippen LogP contribution in [-0.4, -0.2) is 81.3 Å². The Labute approximate surface area is 194 Å². The highest BCUT2D eigenvalue weighted by Gasteiger charge is 2.41. The maximum absolute atomic E-state index is 12.5. The number of hydrogen-bond acceptors (Lipinski definition) is 4. The molecule has 3 aliphatic rings. The van der Waals surface area contributed by atoms with Crippen molar-refractivity contribution in [1.82, 2.24) is 14.5 Å². The first-order valence-electron chi connectivity index (χ1n) is 11.0. The van der Waals surface area contributed by atoms with Crippen LogP contribution in [0.2, 0.25) is 0 Å². The summed E-state index contributed by atoms with van der Waals surface area (Å²) in [6, 6.07) is 0. The molecular weight excluding hydrogens is 503 g/mol. The minimum Gasteiger partial charge on any atom is -0.378 e. The van der Waals surface area contributed by atoms with Gasteiger partial charge >= 0.3 is 0 Å². The Kier molecular flexibility index (Phi) is 9.95. The molecular formula is C20H39IN4O3S. The molecule has 0 aromatic carbocycles. The van der Waals surface area contributed by atoms with Crippen molar-refractivity contribution in [3.8, 4) is 0 Å². The van der Waals surface area contributed by atoms with Gasteiger partial charge in [0.15, 0.2) is 5.96 Å². The molecule has 1 aliphatic heterocycles. The first kappa shape index (κ1) is 25.1. The van der Waals surface area contributed by atoms with Gasteiger partial charge in [-0.15, -0.1) is 24.0 Å². The molecule has 1 heterocycles. The van der Waals surface area contributed by atoms with Crippen molar-refractivity contribution < 1.29 is 13.2 Å². The number of halogens is 1. The summed E-state index contributed by atoms with van der Waals surface area (Å²) in [5.74, 6) is 3.57. The number of aliphatic imine (C=N–C) groups is 1. The Balaban J connectivity index is 0.00000300. The minimum absolute atomic E-state index is 0. The van der Waals surface area contributed by atoms with Crippen LogP contribution in [0.3, 0.4) is 0 Å². The number of sulfonamides is 1. The maximum atomic E-state index is 12.5. The molecule has 1 saturated heterocycles. The third kappa shape index (κ3) is 7.81. The summed E-state index contributed by atoms with van der Waals surface area (Å²) in [6.45, 7) is 10.4. The summed E-state index contributed by atoms with van der Waals surface area (Å²) >= 11 is 0. The van der Waals surface area contributed by atoms with Gasteiger partial charge in [-0.3, -0.25) is 4.99 Å². The Morgan fingerprint density at radius 3 is 2.17 bits per heavy atom. The van der Waals surface area contributed by atoms with E-state index in [-0.39, 0.29) is 42.4 Å². The lowest BCUT2D eigenvalue weighted by atomic mass is 9.98. The van der Waals surface area contributed by atoms with Gasteiger partial charge in [-0.05, 0) is 64.2 Å². The highest BCUT2D eigenvalue weighted by molar-refractivity contribution is 14.0. The number of nitrogens with zero attached hydrogens (tertiary/aromatic N) is 3. The van der Waals surface area contributed by atoms with E-state index in [1.165, 1.54) is 25.7 Å². The second-order valence-electron chi connectivity index (χ2n) is 8.65.